The number of hydrogen-bond donors (Lipinski definition) is 0. The van der Waals surface area contributed by atoms with Crippen molar-refractivity contribution < 1.29 is 9.53 Å². The largest absolute Gasteiger partial charge is 0.378 e. The molecule has 4 rings (SSSR count). The summed E-state index contributed by atoms with van der Waals surface area (Å²) in [4.78, 5) is 14.5. The third-order valence-electron chi connectivity index (χ3n) is 5.74. The van der Waals surface area contributed by atoms with Crippen LogP contribution in [0.3, 0.4) is 0 Å². The Labute approximate surface area is 166 Å². The lowest BCUT2D eigenvalue weighted by atomic mass is 10.0. The number of ether oxygens (including phenoxy) is 1. The molecule has 1 amide bonds. The van der Waals surface area contributed by atoms with Gasteiger partial charge in [0, 0.05) is 49.9 Å². The molecule has 1 aliphatic heterocycles. The summed E-state index contributed by atoms with van der Waals surface area (Å²) in [6, 6.07) is 16.6. The zero-order valence-electron chi connectivity index (χ0n) is 16.7. The topological polar surface area (TPSA) is 34.5 Å². The van der Waals surface area contributed by atoms with E-state index in [2.05, 4.69) is 42.1 Å². The number of carbonyl (C=O) groups excluding carboxylic acids is 1. The molecule has 0 saturated carbocycles. The van der Waals surface area contributed by atoms with Crippen LogP contribution in [0.1, 0.15) is 36.0 Å². The van der Waals surface area contributed by atoms with E-state index < -0.39 is 0 Å². The van der Waals surface area contributed by atoms with Crippen LogP contribution in [-0.4, -0.2) is 41.7 Å². The standard InChI is InChI=1S/C24H28N2O2/c1-25-15-13-21-17-20(11-12-23(21)25)18-7-9-19(10-8-18)24(27)26(2)14-3-5-22-6-4-16-28-22/h7-13,15,17,22H,3-6,14,16H2,1-2H3/t22-/m0/s1. The van der Waals surface area contributed by atoms with E-state index in [0.29, 0.717) is 6.10 Å². The Hall–Kier alpha value is -2.59. The summed E-state index contributed by atoms with van der Waals surface area (Å²) >= 11 is 0. The maximum Gasteiger partial charge on any atom is 0.253 e. The highest BCUT2D eigenvalue weighted by Crippen LogP contribution is 2.25. The van der Waals surface area contributed by atoms with Crippen molar-refractivity contribution in [1.29, 1.82) is 0 Å². The minimum atomic E-state index is 0.0809. The number of rotatable bonds is 6. The van der Waals surface area contributed by atoms with Gasteiger partial charge in [-0.2, -0.15) is 0 Å². The van der Waals surface area contributed by atoms with Gasteiger partial charge in [-0.3, -0.25) is 4.79 Å². The van der Waals surface area contributed by atoms with Crippen molar-refractivity contribution in [3.63, 3.8) is 0 Å². The predicted molar refractivity (Wildman–Crippen MR) is 114 cm³/mol. The van der Waals surface area contributed by atoms with Crippen molar-refractivity contribution in [3.8, 4) is 11.1 Å². The predicted octanol–water partition coefficient (Wildman–Crippen LogP) is 4.88. The maximum absolute atomic E-state index is 12.7. The van der Waals surface area contributed by atoms with Gasteiger partial charge >= 0.3 is 0 Å². The van der Waals surface area contributed by atoms with Crippen molar-refractivity contribution in [2.24, 2.45) is 7.05 Å². The third kappa shape index (κ3) is 3.97. The van der Waals surface area contributed by atoms with Gasteiger partial charge in [0.25, 0.3) is 5.91 Å². The highest BCUT2D eigenvalue weighted by molar-refractivity contribution is 5.94. The summed E-state index contributed by atoms with van der Waals surface area (Å²) < 4.78 is 7.78. The van der Waals surface area contributed by atoms with Gasteiger partial charge in [0.15, 0.2) is 0 Å². The molecule has 146 valence electrons. The van der Waals surface area contributed by atoms with Crippen LogP contribution >= 0.6 is 0 Å². The van der Waals surface area contributed by atoms with E-state index in [4.69, 9.17) is 4.74 Å². The zero-order valence-corrected chi connectivity index (χ0v) is 16.7. The number of amides is 1. The molecule has 0 aliphatic carbocycles. The van der Waals surface area contributed by atoms with Gasteiger partial charge < -0.3 is 14.2 Å². The molecule has 1 aromatic heterocycles. The molecule has 1 fully saturated rings. The second-order valence-electron chi connectivity index (χ2n) is 7.78. The Bertz CT molecular complexity index is 952. The first-order valence-corrected chi connectivity index (χ1v) is 10.1. The van der Waals surface area contributed by atoms with Crippen molar-refractivity contribution in [2.75, 3.05) is 20.2 Å². The highest BCUT2D eigenvalue weighted by atomic mass is 16.5. The fraction of sp³-hybridized carbons (Fsp3) is 0.375. The van der Waals surface area contributed by atoms with Gasteiger partial charge in [-0.05, 0) is 67.1 Å². The normalized spacial score (nSPS) is 16.6. The van der Waals surface area contributed by atoms with Gasteiger partial charge in [0.05, 0.1) is 6.10 Å². The molecule has 2 aromatic carbocycles. The minimum Gasteiger partial charge on any atom is -0.378 e. The Morgan fingerprint density at radius 3 is 2.68 bits per heavy atom. The average molecular weight is 377 g/mol. The molecular weight excluding hydrogens is 348 g/mol. The van der Waals surface area contributed by atoms with E-state index in [-0.39, 0.29) is 5.91 Å². The van der Waals surface area contributed by atoms with Crippen LogP contribution in [0.15, 0.2) is 54.7 Å². The summed E-state index contributed by atoms with van der Waals surface area (Å²) in [7, 11) is 3.94. The second-order valence-corrected chi connectivity index (χ2v) is 7.78. The first-order valence-electron chi connectivity index (χ1n) is 10.1. The Balaban J connectivity index is 1.39. The molecule has 2 heterocycles. The van der Waals surface area contributed by atoms with Crippen LogP contribution in [0.2, 0.25) is 0 Å². The number of hydrogen-bond acceptors (Lipinski definition) is 2. The van der Waals surface area contributed by atoms with Crippen LogP contribution in [0.4, 0.5) is 0 Å². The van der Waals surface area contributed by atoms with Crippen LogP contribution in [0.25, 0.3) is 22.0 Å². The second kappa shape index (κ2) is 8.19. The van der Waals surface area contributed by atoms with Crippen molar-refractivity contribution in [2.45, 2.75) is 31.8 Å². The number of aryl methyl sites for hydroxylation is 1. The quantitative estimate of drug-likeness (QED) is 0.615. The minimum absolute atomic E-state index is 0.0809. The molecule has 1 saturated heterocycles. The number of carbonyl (C=O) groups is 1. The number of nitrogens with zero attached hydrogens (tertiary/aromatic N) is 2. The maximum atomic E-state index is 12.7. The summed E-state index contributed by atoms with van der Waals surface area (Å²) in [6.45, 7) is 1.66. The lowest BCUT2D eigenvalue weighted by molar-refractivity contribution is 0.0763. The summed E-state index contributed by atoms with van der Waals surface area (Å²) in [6.07, 6.45) is 6.83. The fourth-order valence-electron chi connectivity index (χ4n) is 4.02. The van der Waals surface area contributed by atoms with E-state index in [0.717, 1.165) is 43.5 Å². The lowest BCUT2D eigenvalue weighted by Gasteiger charge is -2.18. The molecule has 3 aromatic rings. The average Bonchev–Trinajstić information content (AvgIpc) is 3.37. The van der Waals surface area contributed by atoms with Crippen LogP contribution in [0, 0.1) is 0 Å². The van der Waals surface area contributed by atoms with Gasteiger partial charge in [-0.15, -0.1) is 0 Å². The Morgan fingerprint density at radius 2 is 1.93 bits per heavy atom. The number of aromatic nitrogens is 1. The molecular formula is C24H28N2O2. The molecule has 0 spiro atoms. The summed E-state index contributed by atoms with van der Waals surface area (Å²) in [5, 5.41) is 1.23. The lowest BCUT2D eigenvalue weighted by Crippen LogP contribution is -2.28. The molecule has 0 unspecified atom stereocenters. The van der Waals surface area contributed by atoms with Crippen molar-refractivity contribution in [1.82, 2.24) is 9.47 Å². The van der Waals surface area contributed by atoms with Gasteiger partial charge in [0.2, 0.25) is 0 Å². The van der Waals surface area contributed by atoms with Gasteiger partial charge in [-0.1, -0.05) is 18.2 Å². The van der Waals surface area contributed by atoms with Crippen LogP contribution in [-0.2, 0) is 11.8 Å². The van der Waals surface area contributed by atoms with E-state index >= 15 is 0 Å². The summed E-state index contributed by atoms with van der Waals surface area (Å²) in [5.41, 5.74) is 4.26. The smallest absolute Gasteiger partial charge is 0.253 e. The van der Waals surface area contributed by atoms with Crippen LogP contribution < -0.4 is 0 Å². The van der Waals surface area contributed by atoms with E-state index in [9.17, 15) is 4.79 Å². The highest BCUT2D eigenvalue weighted by Gasteiger charge is 2.16. The molecule has 0 N–H and O–H groups in total. The Morgan fingerprint density at radius 1 is 1.14 bits per heavy atom. The molecule has 1 aliphatic rings. The van der Waals surface area contributed by atoms with Crippen molar-refractivity contribution in [3.05, 3.63) is 60.3 Å². The van der Waals surface area contributed by atoms with Gasteiger partial charge in [0.1, 0.15) is 0 Å². The first kappa shape index (κ1) is 18.8. The fourth-order valence-corrected chi connectivity index (χ4v) is 4.02. The van der Waals surface area contributed by atoms with E-state index in [1.54, 1.807) is 0 Å². The zero-order chi connectivity index (χ0) is 19.5. The molecule has 1 atom stereocenters. The van der Waals surface area contributed by atoms with E-state index in [1.807, 2.05) is 36.2 Å². The van der Waals surface area contributed by atoms with E-state index in [1.165, 1.54) is 22.9 Å². The van der Waals surface area contributed by atoms with Crippen LogP contribution in [0.5, 0.6) is 0 Å². The monoisotopic (exact) mass is 376 g/mol. The molecule has 0 radical (unpaired) electrons. The molecule has 4 heteroatoms. The summed E-state index contributed by atoms with van der Waals surface area (Å²) in [5.74, 6) is 0.0809. The number of benzene rings is 2. The molecule has 28 heavy (non-hydrogen) atoms. The Kier molecular flexibility index (Phi) is 5.49. The molecule has 0 bridgehead atoms. The molecule has 4 nitrogen and oxygen atoms in total. The third-order valence-corrected chi connectivity index (χ3v) is 5.74. The van der Waals surface area contributed by atoms with Gasteiger partial charge in [-0.25, -0.2) is 0 Å². The SMILES string of the molecule is CN(CCC[C@H]1CCCO1)C(=O)c1ccc(-c2ccc3c(ccn3C)c2)cc1. The van der Waals surface area contributed by atoms with Crippen molar-refractivity contribution >= 4 is 16.8 Å². The first-order chi connectivity index (χ1) is 13.6. The number of fused-ring (bicyclic) bond motifs is 1.